The summed E-state index contributed by atoms with van der Waals surface area (Å²) in [6.45, 7) is -0.503. The number of β-amino-alcohol motifs (C(OH)–C–C–N with tert-alkyl or cyclic N) is 1. The number of amides is 14. The molecule has 2 aliphatic rings. The highest BCUT2D eigenvalue weighted by atomic mass is 31.2. The highest BCUT2D eigenvalue weighted by Gasteiger charge is 2.37. The molecule has 2 saturated heterocycles. The third kappa shape index (κ3) is 50.6. The lowest BCUT2D eigenvalue weighted by Gasteiger charge is -2.26. The van der Waals surface area contributed by atoms with Crippen LogP contribution in [0.2, 0.25) is 0 Å². The van der Waals surface area contributed by atoms with Crippen LogP contribution in [0.5, 0.6) is 0 Å². The van der Waals surface area contributed by atoms with Crippen LogP contribution >= 0.6 is 7.82 Å². The molecule has 4 rings (SSSR count). The maximum absolute atomic E-state index is 14.4. The number of carbonyl (C=O) groups is 18. The number of aliphatic carboxylic acids is 2. The summed E-state index contributed by atoms with van der Waals surface area (Å²) >= 11 is 0. The molecule has 12 atom stereocenters. The number of esters is 2. The van der Waals surface area contributed by atoms with E-state index in [9.17, 15) is 111 Å². The van der Waals surface area contributed by atoms with Crippen molar-refractivity contribution >= 4 is 126 Å². The van der Waals surface area contributed by atoms with Gasteiger partial charge in [0.05, 0.1) is 71.6 Å². The lowest BCUT2D eigenvalue weighted by molar-refractivity contribution is -0.160. The van der Waals surface area contributed by atoms with Crippen molar-refractivity contribution < 1.29 is 139 Å². The molecule has 133 heavy (non-hydrogen) atoms. The van der Waals surface area contributed by atoms with E-state index in [0.717, 1.165) is 0 Å². The van der Waals surface area contributed by atoms with E-state index in [0.29, 0.717) is 11.1 Å². The number of nitrogens with two attached hydrogens (primary N) is 2. The highest BCUT2D eigenvalue weighted by molar-refractivity contribution is 7.47. The van der Waals surface area contributed by atoms with Crippen molar-refractivity contribution in [1.82, 2.24) is 90.4 Å². The quantitative estimate of drug-likeness (QED) is 0.00964. The van der Waals surface area contributed by atoms with Crippen LogP contribution in [0, 0.1) is 10.8 Å². The minimum absolute atomic E-state index is 0. The molecule has 51 heteroatoms. The number of carbonyl (C=O) groups excluding carboxylic acids is 16. The summed E-state index contributed by atoms with van der Waals surface area (Å²) in [6.07, 6.45) is -6.54. The van der Waals surface area contributed by atoms with E-state index in [2.05, 4.69) is 90.4 Å². The number of rotatable bonds is 55. The van der Waals surface area contributed by atoms with Crippen molar-refractivity contribution in [2.45, 2.75) is 223 Å². The fraction of sp³-hybridized carbons (Fsp3) is 0.610. The van der Waals surface area contributed by atoms with Crippen molar-refractivity contribution in [3.8, 4) is 0 Å². The van der Waals surface area contributed by atoms with Gasteiger partial charge >= 0.3 is 31.7 Å². The molecule has 50 nitrogen and oxygen atoms in total. The predicted octanol–water partition coefficient (Wildman–Crippen LogP) is -5.80. The molecule has 1 unspecified atom stereocenters. The van der Waals surface area contributed by atoms with Gasteiger partial charge in [0.2, 0.25) is 82.7 Å². The minimum Gasteiger partial charge on any atom is -0.481 e. The smallest absolute Gasteiger partial charge is 0.472 e. The molecule has 2 aliphatic heterocycles. The summed E-state index contributed by atoms with van der Waals surface area (Å²) in [4.78, 5) is 250. The fourth-order valence-corrected chi connectivity index (χ4v) is 13.4. The third-order valence-electron chi connectivity index (χ3n) is 19.5. The molecule has 0 bridgehead atoms. The average Bonchev–Trinajstić information content (AvgIpc) is 1.60. The van der Waals surface area contributed by atoms with Crippen LogP contribution in [0.15, 0.2) is 60.7 Å². The number of unbranched alkanes of at least 4 members (excludes halogenated alkanes) is 2. The number of ether oxygens (including phenoxy) is 4. The van der Waals surface area contributed by atoms with Gasteiger partial charge in [0.15, 0.2) is 18.0 Å². The first-order valence-corrected chi connectivity index (χ1v) is 44.7. The molecule has 742 valence electrons. The van der Waals surface area contributed by atoms with Crippen LogP contribution in [0.25, 0.3) is 0 Å². The van der Waals surface area contributed by atoms with Crippen LogP contribution in [-0.4, -0.2) is 304 Å². The molecule has 0 aliphatic carbocycles. The Morgan fingerprint density at radius 1 is 0.466 bits per heavy atom. The standard InChI is InChI=1S/C81H126N21O29P.CH4/c1-3-69(113)128-47-51(131-70(114)4-2)48-130-132(124,125)129-38-35-88-63(105)28-27-62(104)87-34-37-127-40-39-126-36-29-64(106)94-56(71(115)89-31-14-12-22-55-75(119)98-53(24-16-33-91-81(84)85)73(117)93-46-66(108)96-60(44-68(111)112)79(123)102-58(77(121)100-55)42-50-19-9-6-10-20-50)25-26-61(103)86-30-13-11-21-54-74(118)97-52(23-15-32-90-80(82)83)72(116)92-45-65(107)95-59(43-67(109)110)78(122)101-57(76(120)99-54)41-49-17-7-5-8-18-49;/h5-10,17-20,51-60,65,95,107H,3-4,11-16,21-48H2,1-2H3,(H,86,103)(H,87,104)(H,88,105)(H,89,115)(H,92,116)(H,93,117)(H,94,106)(H,96,108)(H,97,118)(H,98,119)(H,99,120)(H,100,121)(H,101,122)(H,102,123)(H,109,110)(H,111,112)(H,124,125)(H4,82,83,90)(H4,84,85,91);1H4/t51-,52+,53+,54+,55+,56+,57-,58-,59+,60+,65-;/m1./s1. The zero-order valence-corrected chi connectivity index (χ0v) is 74.6. The molecule has 2 heterocycles. The number of carboxylic acid groups (broad SMARTS) is 2. The van der Waals surface area contributed by atoms with Gasteiger partial charge in [0.1, 0.15) is 61.2 Å². The summed E-state index contributed by atoms with van der Waals surface area (Å²) in [5.41, 5.74) is 12.0. The lowest BCUT2D eigenvalue weighted by atomic mass is 10.0. The Hall–Kier alpha value is -12.6. The molecule has 14 amide bonds. The number of aliphatic hydroxyl groups excluding tert-OH is 1. The van der Waals surface area contributed by atoms with Gasteiger partial charge in [-0.15, -0.1) is 0 Å². The first-order valence-electron chi connectivity index (χ1n) is 43.2. The Bertz CT molecular complexity index is 4200. The van der Waals surface area contributed by atoms with Crippen molar-refractivity contribution in [3.05, 3.63) is 71.8 Å². The summed E-state index contributed by atoms with van der Waals surface area (Å²) < 4.78 is 43.3. The molecule has 2 aromatic rings. The van der Waals surface area contributed by atoms with E-state index in [1.54, 1.807) is 60.7 Å². The van der Waals surface area contributed by atoms with Crippen molar-refractivity contribution in [1.29, 1.82) is 10.8 Å². The molecule has 0 spiro atoms. The predicted molar refractivity (Wildman–Crippen MR) is 472 cm³/mol. The van der Waals surface area contributed by atoms with Gasteiger partial charge in [-0.3, -0.25) is 111 Å². The number of nitrogens with one attached hydrogen (secondary N) is 19. The number of phosphoric ester groups is 1. The molecule has 0 aromatic heterocycles. The Labute approximate surface area is 768 Å². The molecule has 2 fully saturated rings. The van der Waals surface area contributed by atoms with Crippen LogP contribution in [0.3, 0.4) is 0 Å². The second kappa shape index (κ2) is 64.2. The maximum Gasteiger partial charge on any atom is 0.472 e. The topological polar surface area (TPSA) is 765 Å². The molecule has 0 radical (unpaired) electrons. The van der Waals surface area contributed by atoms with E-state index in [4.69, 9.17) is 50.3 Å². The number of aliphatic hydroxyl groups is 1. The number of carboxylic acids is 2. The van der Waals surface area contributed by atoms with E-state index in [-0.39, 0.29) is 207 Å². The SMILES string of the molecule is C.CCC(=O)OC[C@H](COP(=O)(O)OCCNC(=O)CCC(=O)NCCOCCOCCC(=O)N[C@@H](CCC(=O)NCCCC[C@@H]1NC(=O)[C@@H](Cc2ccccc2)NC(=O)[C@H](CC(=O)O)N[C@H](O)CNC(=O)[C@H](CCCNC(=N)N)NC1=O)C(=O)NCCCC[C@@H]1NC(=O)[C@@H](Cc2ccccc2)NC(=O)[C@H](CC(=O)O)NC(=O)CNC(=O)[C@H](CCCNC(=N)N)NC1=O)OC(=O)CC. The second-order valence-electron chi connectivity index (χ2n) is 30.3. The summed E-state index contributed by atoms with van der Waals surface area (Å²) in [7, 11) is -4.73. The minimum atomic E-state index is -4.73. The van der Waals surface area contributed by atoms with Crippen molar-refractivity contribution in [3.63, 3.8) is 0 Å². The molecular weight excluding hydrogens is 1770 g/mol. The number of guanidine groups is 2. The Morgan fingerprint density at radius 3 is 1.41 bits per heavy atom. The van der Waals surface area contributed by atoms with E-state index in [1.165, 1.54) is 13.8 Å². The largest absolute Gasteiger partial charge is 0.481 e. The van der Waals surface area contributed by atoms with Gasteiger partial charge in [-0.25, -0.2) is 4.57 Å². The number of hydrogen-bond donors (Lipinski definition) is 25. The average molecular weight is 1910 g/mol. The number of phosphoric acid groups is 1. The van der Waals surface area contributed by atoms with Gasteiger partial charge in [-0.2, -0.15) is 0 Å². The van der Waals surface area contributed by atoms with Gasteiger partial charge < -0.3 is 136 Å². The van der Waals surface area contributed by atoms with Crippen LogP contribution in [0.4, 0.5) is 0 Å². The van der Waals surface area contributed by atoms with Crippen molar-refractivity contribution in [2.24, 2.45) is 11.5 Å². The highest BCUT2D eigenvalue weighted by Crippen LogP contribution is 2.43. The lowest BCUT2D eigenvalue weighted by Crippen LogP contribution is -2.58. The normalized spacial score (nSPS) is 19.7. The van der Waals surface area contributed by atoms with Crippen LogP contribution in [-0.2, 0) is 132 Å². The fourth-order valence-electron chi connectivity index (χ4n) is 12.6. The first kappa shape index (κ1) is 115. The van der Waals surface area contributed by atoms with Gasteiger partial charge in [-0.05, 0) is 81.8 Å². The molecule has 0 saturated carbocycles. The zero-order valence-electron chi connectivity index (χ0n) is 73.7. The summed E-state index contributed by atoms with van der Waals surface area (Å²) in [5.74, 6) is -16.6. The van der Waals surface area contributed by atoms with Crippen molar-refractivity contribution in [2.75, 3.05) is 98.6 Å². The first-order chi connectivity index (χ1) is 62.9. The zero-order chi connectivity index (χ0) is 97.3. The maximum atomic E-state index is 14.4. The monoisotopic (exact) mass is 1900 g/mol. The van der Waals surface area contributed by atoms with Gasteiger partial charge in [0, 0.05) is 90.6 Å². The summed E-state index contributed by atoms with van der Waals surface area (Å²) in [6, 6.07) is 3.29. The van der Waals surface area contributed by atoms with Crippen LogP contribution in [0.1, 0.15) is 154 Å². The van der Waals surface area contributed by atoms with Gasteiger partial charge in [0.25, 0.3) is 0 Å². The summed E-state index contributed by atoms with van der Waals surface area (Å²) in [5, 5.41) is 88.8. The van der Waals surface area contributed by atoms with E-state index in [1.807, 2.05) is 0 Å². The van der Waals surface area contributed by atoms with E-state index >= 15 is 0 Å². The molecular formula is C82H130N21O29P. The molecule has 27 N–H and O–H groups in total. The Kier molecular flexibility index (Phi) is 55.3. The van der Waals surface area contributed by atoms with Crippen LogP contribution < -0.4 is 102 Å². The number of hydrogen-bond acceptors (Lipinski definition) is 29. The number of benzene rings is 2. The van der Waals surface area contributed by atoms with Gasteiger partial charge in [-0.1, -0.05) is 81.9 Å². The third-order valence-corrected chi connectivity index (χ3v) is 20.5. The molecule has 2 aromatic carbocycles. The second-order valence-corrected chi connectivity index (χ2v) is 31.7. The Balaban J connectivity index is 0.0000456. The Morgan fingerprint density at radius 2 is 0.895 bits per heavy atom. The van der Waals surface area contributed by atoms with E-state index < -0.39 is 227 Å².